The second-order valence-electron chi connectivity index (χ2n) is 5.48. The van der Waals surface area contributed by atoms with Gasteiger partial charge in [-0.05, 0) is 40.3 Å². The largest absolute Gasteiger partial charge is 0.456 e. The zero-order chi connectivity index (χ0) is 18.2. The predicted molar refractivity (Wildman–Crippen MR) is 102 cm³/mol. The number of ketones is 1. The lowest BCUT2D eigenvalue weighted by molar-refractivity contribution is -0.146. The van der Waals surface area contributed by atoms with Crippen LogP contribution in [-0.4, -0.2) is 30.3 Å². The van der Waals surface area contributed by atoms with Crippen LogP contribution in [0.25, 0.3) is 0 Å². The molecule has 0 spiro atoms. The summed E-state index contributed by atoms with van der Waals surface area (Å²) in [6.45, 7) is 0.978. The number of carbonyl (C=O) groups is 3. The zero-order valence-electron chi connectivity index (χ0n) is 13.7. The van der Waals surface area contributed by atoms with Crippen molar-refractivity contribution in [3.05, 3.63) is 69.3 Å². The third-order valence-corrected chi connectivity index (χ3v) is 4.11. The molecule has 25 heavy (non-hydrogen) atoms. The van der Waals surface area contributed by atoms with Crippen LogP contribution in [0.3, 0.4) is 0 Å². The van der Waals surface area contributed by atoms with E-state index in [2.05, 4.69) is 27.9 Å². The summed E-state index contributed by atoms with van der Waals surface area (Å²) < 4.78 is 6.05. The van der Waals surface area contributed by atoms with E-state index in [9.17, 15) is 14.4 Å². The van der Waals surface area contributed by atoms with Gasteiger partial charge in [0.1, 0.15) is 6.04 Å². The van der Waals surface area contributed by atoms with Gasteiger partial charge < -0.3 is 10.1 Å². The molecule has 1 atom stereocenters. The van der Waals surface area contributed by atoms with Crippen LogP contribution in [0.15, 0.2) is 54.6 Å². The van der Waals surface area contributed by atoms with Crippen LogP contribution in [0.5, 0.6) is 0 Å². The molecule has 0 heterocycles. The number of amides is 1. The van der Waals surface area contributed by atoms with Gasteiger partial charge in [-0.3, -0.25) is 9.59 Å². The summed E-state index contributed by atoms with van der Waals surface area (Å²) in [5.74, 6) is -1.24. The molecule has 0 saturated heterocycles. The van der Waals surface area contributed by atoms with E-state index in [-0.39, 0.29) is 18.3 Å². The fourth-order valence-corrected chi connectivity index (χ4v) is 2.81. The fourth-order valence-electron chi connectivity index (χ4n) is 2.27. The van der Waals surface area contributed by atoms with Gasteiger partial charge in [-0.25, -0.2) is 4.79 Å². The molecule has 1 N–H and O–H groups in total. The first-order valence-electron chi connectivity index (χ1n) is 7.72. The SMILES string of the molecule is CC(=O)N[C@H](Cc1ccccc1)C(=O)OCC(=O)c1cccc(I)c1. The maximum absolute atomic E-state index is 12.3. The molecule has 0 saturated carbocycles. The molecular formula is C19H18INO4. The van der Waals surface area contributed by atoms with Gasteiger partial charge in [-0.15, -0.1) is 0 Å². The second kappa shape index (κ2) is 9.31. The highest BCUT2D eigenvalue weighted by Gasteiger charge is 2.22. The van der Waals surface area contributed by atoms with Gasteiger partial charge in [0.05, 0.1) is 0 Å². The van der Waals surface area contributed by atoms with Crippen LogP contribution in [0, 0.1) is 3.57 Å². The van der Waals surface area contributed by atoms with E-state index in [0.717, 1.165) is 9.13 Å². The molecule has 0 unspecified atom stereocenters. The highest BCUT2D eigenvalue weighted by atomic mass is 127. The number of nitrogens with one attached hydrogen (secondary N) is 1. The smallest absolute Gasteiger partial charge is 0.329 e. The molecule has 0 aliphatic rings. The van der Waals surface area contributed by atoms with Crippen molar-refractivity contribution in [3.63, 3.8) is 0 Å². The minimum absolute atomic E-state index is 0.284. The number of rotatable bonds is 7. The van der Waals surface area contributed by atoms with Crippen molar-refractivity contribution in [1.29, 1.82) is 0 Å². The van der Waals surface area contributed by atoms with Crippen molar-refractivity contribution in [2.75, 3.05) is 6.61 Å². The van der Waals surface area contributed by atoms with E-state index in [1.807, 2.05) is 36.4 Å². The van der Waals surface area contributed by atoms with Crippen LogP contribution >= 0.6 is 22.6 Å². The Balaban J connectivity index is 1.99. The maximum atomic E-state index is 12.3. The molecule has 6 heteroatoms. The van der Waals surface area contributed by atoms with Gasteiger partial charge in [0.15, 0.2) is 12.4 Å². The first kappa shape index (κ1) is 19.1. The first-order chi connectivity index (χ1) is 12.0. The topological polar surface area (TPSA) is 72.5 Å². The highest BCUT2D eigenvalue weighted by molar-refractivity contribution is 14.1. The normalized spacial score (nSPS) is 11.4. The maximum Gasteiger partial charge on any atom is 0.329 e. The summed E-state index contributed by atoms with van der Waals surface area (Å²) in [5, 5.41) is 2.57. The third-order valence-electron chi connectivity index (χ3n) is 3.44. The molecular weight excluding hydrogens is 433 g/mol. The minimum atomic E-state index is -0.830. The van der Waals surface area contributed by atoms with Crippen molar-refractivity contribution >= 4 is 40.3 Å². The minimum Gasteiger partial charge on any atom is -0.456 e. The quantitative estimate of drug-likeness (QED) is 0.399. The summed E-state index contributed by atoms with van der Waals surface area (Å²) in [4.78, 5) is 35.8. The predicted octanol–water partition coefficient (Wildman–Crippen LogP) is 2.76. The monoisotopic (exact) mass is 451 g/mol. The van der Waals surface area contributed by atoms with Crippen molar-refractivity contribution in [2.45, 2.75) is 19.4 Å². The van der Waals surface area contributed by atoms with Crippen LogP contribution in [-0.2, 0) is 20.7 Å². The van der Waals surface area contributed by atoms with Crippen molar-refractivity contribution in [3.8, 4) is 0 Å². The first-order valence-corrected chi connectivity index (χ1v) is 8.80. The molecule has 2 aromatic rings. The van der Waals surface area contributed by atoms with Gasteiger partial charge in [-0.2, -0.15) is 0 Å². The Morgan fingerprint density at radius 3 is 2.44 bits per heavy atom. The lowest BCUT2D eigenvalue weighted by Crippen LogP contribution is -2.42. The molecule has 2 rings (SSSR count). The van der Waals surface area contributed by atoms with E-state index in [4.69, 9.17) is 4.74 Å². The molecule has 0 aromatic heterocycles. The molecule has 0 bridgehead atoms. The Bertz CT molecular complexity index is 761. The molecule has 1 amide bonds. The molecule has 0 fully saturated rings. The number of benzene rings is 2. The Kier molecular flexibility index (Phi) is 7.12. The molecule has 0 aliphatic carbocycles. The zero-order valence-corrected chi connectivity index (χ0v) is 15.9. The number of hydrogen-bond donors (Lipinski definition) is 1. The van der Waals surface area contributed by atoms with E-state index in [1.165, 1.54) is 6.92 Å². The van der Waals surface area contributed by atoms with Gasteiger partial charge in [0, 0.05) is 22.5 Å². The second-order valence-corrected chi connectivity index (χ2v) is 6.73. The number of carbonyl (C=O) groups excluding carboxylic acids is 3. The summed E-state index contributed by atoms with van der Waals surface area (Å²) in [5.41, 5.74) is 1.38. The number of ether oxygens (including phenoxy) is 1. The lowest BCUT2D eigenvalue weighted by atomic mass is 10.1. The molecule has 0 radical (unpaired) electrons. The van der Waals surface area contributed by atoms with Gasteiger partial charge in [-0.1, -0.05) is 42.5 Å². The fraction of sp³-hybridized carbons (Fsp3) is 0.211. The summed E-state index contributed by atoms with van der Waals surface area (Å²) in [6.07, 6.45) is 0.302. The third kappa shape index (κ3) is 6.30. The molecule has 0 aliphatic heterocycles. The van der Waals surface area contributed by atoms with E-state index in [0.29, 0.717) is 12.0 Å². The Morgan fingerprint density at radius 2 is 1.80 bits per heavy atom. The summed E-state index contributed by atoms with van der Waals surface area (Å²) in [7, 11) is 0. The number of Topliss-reactive ketones (excluding diaryl/α,β-unsaturated/α-hetero) is 1. The average Bonchev–Trinajstić information content (AvgIpc) is 2.59. The van der Waals surface area contributed by atoms with Crippen molar-refractivity contribution in [1.82, 2.24) is 5.32 Å². The van der Waals surface area contributed by atoms with E-state index >= 15 is 0 Å². The molecule has 5 nitrogen and oxygen atoms in total. The van der Waals surface area contributed by atoms with Crippen molar-refractivity contribution in [2.24, 2.45) is 0 Å². The van der Waals surface area contributed by atoms with Crippen LogP contribution in [0.2, 0.25) is 0 Å². The van der Waals surface area contributed by atoms with Gasteiger partial charge >= 0.3 is 5.97 Å². The summed E-state index contributed by atoms with van der Waals surface area (Å²) in [6, 6.07) is 15.5. The van der Waals surface area contributed by atoms with Crippen LogP contribution in [0.1, 0.15) is 22.8 Å². The van der Waals surface area contributed by atoms with Crippen LogP contribution < -0.4 is 5.32 Å². The number of halogens is 1. The Labute approximate surface area is 159 Å². The number of esters is 1. The van der Waals surface area contributed by atoms with Crippen molar-refractivity contribution < 1.29 is 19.1 Å². The Hall–Kier alpha value is -2.22. The number of hydrogen-bond acceptors (Lipinski definition) is 4. The molecule has 2 aromatic carbocycles. The van der Waals surface area contributed by atoms with Gasteiger partial charge in [0.2, 0.25) is 5.91 Å². The Morgan fingerprint density at radius 1 is 1.08 bits per heavy atom. The highest BCUT2D eigenvalue weighted by Crippen LogP contribution is 2.09. The lowest BCUT2D eigenvalue weighted by Gasteiger charge is -2.16. The van der Waals surface area contributed by atoms with Gasteiger partial charge in [0.25, 0.3) is 0 Å². The summed E-state index contributed by atoms with van der Waals surface area (Å²) >= 11 is 2.11. The standard InChI is InChI=1S/C19H18INO4/c1-13(22)21-17(10-14-6-3-2-4-7-14)19(24)25-12-18(23)15-8-5-9-16(20)11-15/h2-9,11,17H,10,12H2,1H3,(H,21,22)/t17-/m1/s1. The average molecular weight is 451 g/mol. The van der Waals surface area contributed by atoms with E-state index < -0.39 is 12.0 Å². The van der Waals surface area contributed by atoms with Crippen LogP contribution in [0.4, 0.5) is 0 Å². The molecule has 130 valence electrons. The van der Waals surface area contributed by atoms with E-state index in [1.54, 1.807) is 18.2 Å².